The minimum Gasteiger partial charge on any atom is -0.398 e. The quantitative estimate of drug-likeness (QED) is 0.822. The molecule has 0 fully saturated rings. The number of anilines is 1. The summed E-state index contributed by atoms with van der Waals surface area (Å²) in [5, 5.41) is 0. The first-order valence-corrected chi connectivity index (χ1v) is 8.13. The van der Waals surface area contributed by atoms with Crippen molar-refractivity contribution in [2.45, 2.75) is 32.6 Å². The molecule has 6 heteroatoms. The normalized spacial score (nSPS) is 12.6. The molecule has 20 heavy (non-hydrogen) atoms. The van der Waals surface area contributed by atoms with E-state index in [9.17, 15) is 12.8 Å². The number of sulfonamides is 1. The highest BCUT2D eigenvalue weighted by Gasteiger charge is 2.28. The van der Waals surface area contributed by atoms with Gasteiger partial charge in [0.25, 0.3) is 0 Å². The van der Waals surface area contributed by atoms with Crippen LogP contribution < -0.4 is 5.73 Å². The predicted octanol–water partition coefficient (Wildman–Crippen LogP) is 2.71. The van der Waals surface area contributed by atoms with Crippen LogP contribution in [0.3, 0.4) is 0 Å². The van der Waals surface area contributed by atoms with Gasteiger partial charge in [-0.25, -0.2) is 12.8 Å². The Kier molecular flexibility index (Phi) is 5.53. The molecule has 1 aromatic carbocycles. The lowest BCUT2D eigenvalue weighted by Gasteiger charge is -2.26. The largest absolute Gasteiger partial charge is 0.398 e. The van der Waals surface area contributed by atoms with Gasteiger partial charge < -0.3 is 5.73 Å². The lowest BCUT2D eigenvalue weighted by molar-refractivity contribution is 0.333. The van der Waals surface area contributed by atoms with Crippen molar-refractivity contribution in [1.29, 1.82) is 0 Å². The van der Waals surface area contributed by atoms with Crippen LogP contribution in [0.5, 0.6) is 0 Å². The Balaban J connectivity index is 3.24. The van der Waals surface area contributed by atoms with Crippen LogP contribution in [0.15, 0.2) is 23.1 Å². The molecule has 4 nitrogen and oxygen atoms in total. The van der Waals surface area contributed by atoms with Gasteiger partial charge in [0.2, 0.25) is 10.0 Å². The van der Waals surface area contributed by atoms with Gasteiger partial charge in [-0.1, -0.05) is 27.7 Å². The number of nitrogens with zero attached hydrogens (tertiary/aromatic N) is 1. The van der Waals surface area contributed by atoms with E-state index in [1.54, 1.807) is 0 Å². The molecule has 0 heterocycles. The van der Waals surface area contributed by atoms with Crippen molar-refractivity contribution in [3.05, 3.63) is 24.0 Å². The van der Waals surface area contributed by atoms with Crippen LogP contribution in [-0.2, 0) is 10.0 Å². The van der Waals surface area contributed by atoms with Gasteiger partial charge in [-0.3, -0.25) is 0 Å². The van der Waals surface area contributed by atoms with Crippen molar-refractivity contribution in [3.63, 3.8) is 0 Å². The maximum absolute atomic E-state index is 13.3. The van der Waals surface area contributed by atoms with Crippen LogP contribution in [0.25, 0.3) is 0 Å². The third-order valence-corrected chi connectivity index (χ3v) is 4.62. The van der Waals surface area contributed by atoms with Gasteiger partial charge in [0.15, 0.2) is 0 Å². The van der Waals surface area contributed by atoms with Gasteiger partial charge in [0.1, 0.15) is 10.7 Å². The van der Waals surface area contributed by atoms with E-state index in [1.165, 1.54) is 10.4 Å². The van der Waals surface area contributed by atoms with E-state index < -0.39 is 15.8 Å². The number of halogens is 1. The highest BCUT2D eigenvalue weighted by Crippen LogP contribution is 2.24. The summed E-state index contributed by atoms with van der Waals surface area (Å²) in [5.41, 5.74) is 5.78. The smallest absolute Gasteiger partial charge is 0.245 e. The first-order valence-electron chi connectivity index (χ1n) is 6.69. The molecular formula is C14H23FN2O2S. The number of rotatable bonds is 6. The van der Waals surface area contributed by atoms with Crippen LogP contribution in [0.1, 0.15) is 27.7 Å². The minimum absolute atomic E-state index is 0.0731. The van der Waals surface area contributed by atoms with Gasteiger partial charge in [-0.05, 0) is 30.0 Å². The molecule has 114 valence electrons. The van der Waals surface area contributed by atoms with Crippen molar-refractivity contribution in [2.24, 2.45) is 11.8 Å². The molecule has 0 saturated carbocycles. The number of nitrogens with two attached hydrogens (primary N) is 1. The maximum Gasteiger partial charge on any atom is 0.245 e. The van der Waals surface area contributed by atoms with Crippen molar-refractivity contribution >= 4 is 15.7 Å². The Bertz CT molecular complexity index is 546. The van der Waals surface area contributed by atoms with Gasteiger partial charge in [-0.15, -0.1) is 0 Å². The fraction of sp³-hybridized carbons (Fsp3) is 0.571. The third kappa shape index (κ3) is 4.18. The van der Waals surface area contributed by atoms with Gasteiger partial charge >= 0.3 is 0 Å². The molecule has 2 N–H and O–H groups in total. The van der Waals surface area contributed by atoms with E-state index >= 15 is 0 Å². The van der Waals surface area contributed by atoms with Crippen molar-refractivity contribution in [3.8, 4) is 0 Å². The Morgan fingerprint density at radius 2 is 1.65 bits per heavy atom. The molecule has 0 amide bonds. The average Bonchev–Trinajstić information content (AvgIpc) is 2.30. The number of hydrogen-bond acceptors (Lipinski definition) is 3. The highest BCUT2D eigenvalue weighted by molar-refractivity contribution is 7.89. The van der Waals surface area contributed by atoms with Crippen molar-refractivity contribution < 1.29 is 12.8 Å². The lowest BCUT2D eigenvalue weighted by atomic mass is 10.2. The Morgan fingerprint density at radius 1 is 1.15 bits per heavy atom. The molecule has 0 unspecified atom stereocenters. The molecule has 0 aromatic heterocycles. The number of nitrogen functional groups attached to an aromatic ring is 1. The number of benzene rings is 1. The SMILES string of the molecule is CC(C)CN(CC(C)C)S(=O)(=O)c1cc(F)ccc1N. The summed E-state index contributed by atoms with van der Waals surface area (Å²) in [4.78, 5) is -0.154. The fourth-order valence-electron chi connectivity index (χ4n) is 1.96. The standard InChI is InChI=1S/C14H23FN2O2S/c1-10(2)8-17(9-11(3)4)20(18,19)14-7-12(15)5-6-13(14)16/h5-7,10-11H,8-9,16H2,1-4H3. The Morgan fingerprint density at radius 3 is 2.10 bits per heavy atom. The summed E-state index contributed by atoms with van der Waals surface area (Å²) in [5.74, 6) is -0.247. The topological polar surface area (TPSA) is 63.4 Å². The molecule has 0 saturated heterocycles. The van der Waals surface area contributed by atoms with Gasteiger partial charge in [0.05, 0.1) is 5.69 Å². The van der Waals surface area contributed by atoms with Crippen LogP contribution in [0, 0.1) is 17.7 Å². The monoisotopic (exact) mass is 302 g/mol. The predicted molar refractivity (Wildman–Crippen MR) is 79.2 cm³/mol. The van der Waals surface area contributed by atoms with E-state index in [0.29, 0.717) is 13.1 Å². The van der Waals surface area contributed by atoms with Gasteiger partial charge in [-0.2, -0.15) is 4.31 Å². The number of hydrogen-bond donors (Lipinski definition) is 1. The van der Waals surface area contributed by atoms with E-state index in [-0.39, 0.29) is 22.4 Å². The van der Waals surface area contributed by atoms with Crippen molar-refractivity contribution in [1.82, 2.24) is 4.31 Å². The van der Waals surface area contributed by atoms with E-state index in [0.717, 1.165) is 12.1 Å². The molecular weight excluding hydrogens is 279 g/mol. The van der Waals surface area contributed by atoms with Crippen LogP contribution in [0.2, 0.25) is 0 Å². The van der Waals surface area contributed by atoms with Crippen LogP contribution >= 0.6 is 0 Å². The fourth-order valence-corrected chi connectivity index (χ4v) is 3.85. The maximum atomic E-state index is 13.3. The zero-order valence-corrected chi connectivity index (χ0v) is 13.2. The highest BCUT2D eigenvalue weighted by atomic mass is 32.2. The summed E-state index contributed by atoms with van der Waals surface area (Å²) >= 11 is 0. The molecule has 1 rings (SSSR count). The second-order valence-electron chi connectivity index (χ2n) is 5.79. The summed E-state index contributed by atoms with van der Waals surface area (Å²) in [7, 11) is -3.78. The molecule has 0 aliphatic heterocycles. The van der Waals surface area contributed by atoms with E-state index in [4.69, 9.17) is 5.73 Å². The summed E-state index contributed by atoms with van der Waals surface area (Å²) < 4.78 is 40.0. The first-order chi connectivity index (χ1) is 9.14. The molecule has 0 aliphatic rings. The molecule has 0 aliphatic carbocycles. The molecule has 0 bridgehead atoms. The summed E-state index contributed by atoms with van der Waals surface area (Å²) in [6, 6.07) is 3.42. The lowest BCUT2D eigenvalue weighted by Crippen LogP contribution is -2.37. The van der Waals surface area contributed by atoms with E-state index in [2.05, 4.69) is 0 Å². The molecule has 0 atom stereocenters. The summed E-state index contributed by atoms with van der Waals surface area (Å²) in [6.07, 6.45) is 0. The zero-order valence-electron chi connectivity index (χ0n) is 12.4. The van der Waals surface area contributed by atoms with Crippen LogP contribution in [0.4, 0.5) is 10.1 Å². The second-order valence-corrected chi connectivity index (χ2v) is 7.70. The van der Waals surface area contributed by atoms with Crippen LogP contribution in [-0.4, -0.2) is 25.8 Å². The molecule has 1 aromatic rings. The van der Waals surface area contributed by atoms with Gasteiger partial charge in [0, 0.05) is 13.1 Å². The molecule has 0 radical (unpaired) electrons. The zero-order chi connectivity index (χ0) is 15.5. The summed E-state index contributed by atoms with van der Waals surface area (Å²) in [6.45, 7) is 8.54. The Labute approximate surface area is 120 Å². The molecule has 0 spiro atoms. The third-order valence-electron chi connectivity index (χ3n) is 2.73. The first kappa shape index (κ1) is 16.9. The minimum atomic E-state index is -3.78. The van der Waals surface area contributed by atoms with E-state index in [1.807, 2.05) is 27.7 Å². The second kappa shape index (κ2) is 6.54. The average molecular weight is 302 g/mol. The van der Waals surface area contributed by atoms with Crippen molar-refractivity contribution in [2.75, 3.05) is 18.8 Å². The Hall–Kier alpha value is -1.14.